The lowest BCUT2D eigenvalue weighted by molar-refractivity contribution is 1.18. The monoisotopic (exact) mass is 307 g/mol. The Bertz CT molecular complexity index is 1270. The number of fused-ring (bicyclic) bond motifs is 4. The van der Waals surface area contributed by atoms with Gasteiger partial charge in [-0.15, -0.1) is 0 Å². The maximum atomic E-state index is 3.80. The van der Waals surface area contributed by atoms with Crippen LogP contribution in [-0.4, -0.2) is 4.40 Å². The van der Waals surface area contributed by atoms with Gasteiger partial charge < -0.3 is 4.40 Å². The van der Waals surface area contributed by atoms with Crippen LogP contribution in [0.25, 0.3) is 44.0 Å². The van der Waals surface area contributed by atoms with E-state index in [0.717, 1.165) is 0 Å². The van der Waals surface area contributed by atoms with Crippen molar-refractivity contribution in [3.05, 3.63) is 84.6 Å². The lowest BCUT2D eigenvalue weighted by atomic mass is 10.0. The van der Waals surface area contributed by atoms with E-state index in [1.807, 2.05) is 12.2 Å². The number of hydrogen-bond acceptors (Lipinski definition) is 0. The first kappa shape index (κ1) is 13.4. The van der Waals surface area contributed by atoms with Gasteiger partial charge in [0, 0.05) is 27.4 Å². The number of allylic oxidation sites excluding steroid dienone is 2. The standard InChI is InChI=1S/C23H17N/c1-3-4-10-18-15(2)24-22-14-17-9-6-5-8-16(17)13-21(22)20-12-7-11-19(18)23(20)24/h3-14H,1H2,2H3/b10-4-. The molecule has 0 fully saturated rings. The summed E-state index contributed by atoms with van der Waals surface area (Å²) in [6.07, 6.45) is 6.01. The second-order valence-electron chi connectivity index (χ2n) is 6.35. The van der Waals surface area contributed by atoms with E-state index >= 15 is 0 Å². The van der Waals surface area contributed by atoms with E-state index < -0.39 is 0 Å². The summed E-state index contributed by atoms with van der Waals surface area (Å²) < 4.78 is 2.41. The zero-order valence-electron chi connectivity index (χ0n) is 13.6. The van der Waals surface area contributed by atoms with Gasteiger partial charge in [0.1, 0.15) is 0 Å². The lowest BCUT2D eigenvalue weighted by Crippen LogP contribution is -1.85. The number of benzene rings is 3. The zero-order valence-corrected chi connectivity index (χ0v) is 13.6. The van der Waals surface area contributed by atoms with Crippen molar-refractivity contribution in [2.45, 2.75) is 6.92 Å². The Kier molecular flexibility index (Phi) is 2.63. The highest BCUT2D eigenvalue weighted by Gasteiger charge is 2.18. The summed E-state index contributed by atoms with van der Waals surface area (Å²) in [7, 11) is 0. The fraction of sp³-hybridized carbons (Fsp3) is 0.0435. The van der Waals surface area contributed by atoms with Gasteiger partial charge in [0.2, 0.25) is 0 Å². The zero-order chi connectivity index (χ0) is 16.3. The number of para-hydroxylation sites is 1. The predicted octanol–water partition coefficient (Wildman–Crippen LogP) is 6.34. The highest BCUT2D eigenvalue weighted by molar-refractivity contribution is 6.19. The van der Waals surface area contributed by atoms with Crippen LogP contribution in [0.4, 0.5) is 0 Å². The summed E-state index contributed by atoms with van der Waals surface area (Å²) in [6, 6.07) is 19.8. The third kappa shape index (κ3) is 1.59. The molecule has 2 aromatic heterocycles. The molecule has 0 amide bonds. The molecular formula is C23H17N. The Hall–Kier alpha value is -3.06. The number of rotatable bonds is 2. The minimum atomic E-state index is 1.28. The molecule has 3 aromatic carbocycles. The van der Waals surface area contributed by atoms with E-state index in [1.165, 1.54) is 49.2 Å². The van der Waals surface area contributed by atoms with Gasteiger partial charge in [-0.3, -0.25) is 0 Å². The molecule has 114 valence electrons. The molecule has 5 rings (SSSR count). The summed E-state index contributed by atoms with van der Waals surface area (Å²) in [5.74, 6) is 0. The fourth-order valence-corrected chi connectivity index (χ4v) is 4.01. The molecule has 0 aliphatic rings. The lowest BCUT2D eigenvalue weighted by Gasteiger charge is -2.02. The molecule has 2 heterocycles. The molecule has 0 radical (unpaired) electrons. The van der Waals surface area contributed by atoms with E-state index in [9.17, 15) is 0 Å². The van der Waals surface area contributed by atoms with E-state index in [1.54, 1.807) is 0 Å². The molecule has 1 nitrogen and oxygen atoms in total. The number of aromatic nitrogens is 1. The van der Waals surface area contributed by atoms with Crippen LogP contribution in [-0.2, 0) is 0 Å². The quantitative estimate of drug-likeness (QED) is 0.335. The van der Waals surface area contributed by atoms with Crippen molar-refractivity contribution in [1.29, 1.82) is 0 Å². The Morgan fingerprint density at radius 3 is 2.42 bits per heavy atom. The van der Waals surface area contributed by atoms with E-state index in [-0.39, 0.29) is 0 Å². The topological polar surface area (TPSA) is 4.41 Å². The molecule has 1 heteroatoms. The van der Waals surface area contributed by atoms with Crippen LogP contribution in [0.3, 0.4) is 0 Å². The summed E-state index contributed by atoms with van der Waals surface area (Å²) in [4.78, 5) is 0. The SMILES string of the molecule is C=C/C=C\c1c(C)n2c3cc4ccccc4cc3c3cccc1c32. The van der Waals surface area contributed by atoms with Crippen molar-refractivity contribution in [3.63, 3.8) is 0 Å². The molecule has 0 aliphatic heterocycles. The molecule has 0 spiro atoms. The summed E-state index contributed by atoms with van der Waals surface area (Å²) in [5.41, 5.74) is 5.18. The van der Waals surface area contributed by atoms with Crippen molar-refractivity contribution in [1.82, 2.24) is 4.40 Å². The molecule has 0 unspecified atom stereocenters. The number of hydrogen-bond donors (Lipinski definition) is 0. The Labute approximate surface area is 140 Å². The van der Waals surface area contributed by atoms with Gasteiger partial charge in [0.05, 0.1) is 11.0 Å². The van der Waals surface area contributed by atoms with Crippen molar-refractivity contribution < 1.29 is 0 Å². The highest BCUT2D eigenvalue weighted by Crippen LogP contribution is 2.39. The van der Waals surface area contributed by atoms with Gasteiger partial charge in [0.25, 0.3) is 0 Å². The molecule has 0 saturated heterocycles. The number of aryl methyl sites for hydroxylation is 1. The van der Waals surface area contributed by atoms with Gasteiger partial charge >= 0.3 is 0 Å². The first-order chi connectivity index (χ1) is 11.8. The molecule has 5 aromatic rings. The minimum Gasteiger partial charge on any atom is -0.312 e. The normalized spacial score (nSPS) is 12.4. The maximum absolute atomic E-state index is 3.80. The minimum absolute atomic E-state index is 1.28. The van der Waals surface area contributed by atoms with Crippen LogP contribution in [0.1, 0.15) is 11.3 Å². The van der Waals surface area contributed by atoms with Crippen LogP contribution in [0, 0.1) is 6.92 Å². The summed E-state index contributed by atoms with van der Waals surface area (Å²) in [6.45, 7) is 6.01. The largest absolute Gasteiger partial charge is 0.312 e. The van der Waals surface area contributed by atoms with Crippen LogP contribution >= 0.6 is 0 Å². The van der Waals surface area contributed by atoms with Crippen molar-refractivity contribution in [3.8, 4) is 0 Å². The maximum Gasteiger partial charge on any atom is 0.0617 e. The van der Waals surface area contributed by atoms with Gasteiger partial charge in [-0.05, 0) is 29.8 Å². The van der Waals surface area contributed by atoms with Crippen LogP contribution < -0.4 is 0 Å². The Balaban J connectivity index is 2.05. The smallest absolute Gasteiger partial charge is 0.0617 e. The second-order valence-corrected chi connectivity index (χ2v) is 6.35. The molecule has 0 atom stereocenters. The third-order valence-electron chi connectivity index (χ3n) is 5.07. The average molecular weight is 307 g/mol. The van der Waals surface area contributed by atoms with E-state index in [4.69, 9.17) is 0 Å². The molecule has 0 aliphatic carbocycles. The number of nitrogens with zero attached hydrogens (tertiary/aromatic N) is 1. The van der Waals surface area contributed by atoms with Gasteiger partial charge in [0.15, 0.2) is 0 Å². The fourth-order valence-electron chi connectivity index (χ4n) is 4.01. The molecule has 0 saturated carbocycles. The van der Waals surface area contributed by atoms with Crippen molar-refractivity contribution in [2.75, 3.05) is 0 Å². The first-order valence-corrected chi connectivity index (χ1v) is 8.26. The first-order valence-electron chi connectivity index (χ1n) is 8.26. The van der Waals surface area contributed by atoms with Crippen LogP contribution in [0.15, 0.2) is 73.3 Å². The Morgan fingerprint density at radius 1 is 0.875 bits per heavy atom. The Morgan fingerprint density at radius 2 is 1.62 bits per heavy atom. The summed E-state index contributed by atoms with van der Waals surface area (Å²) in [5, 5.41) is 6.55. The molecule has 24 heavy (non-hydrogen) atoms. The van der Waals surface area contributed by atoms with Gasteiger partial charge in [-0.25, -0.2) is 0 Å². The predicted molar refractivity (Wildman–Crippen MR) is 105 cm³/mol. The highest BCUT2D eigenvalue weighted by atomic mass is 14.9. The second kappa shape index (κ2) is 4.72. The van der Waals surface area contributed by atoms with Crippen LogP contribution in [0.2, 0.25) is 0 Å². The molecular weight excluding hydrogens is 290 g/mol. The molecule has 0 bridgehead atoms. The van der Waals surface area contributed by atoms with E-state index in [2.05, 4.69) is 78.6 Å². The average Bonchev–Trinajstić information content (AvgIpc) is 3.08. The van der Waals surface area contributed by atoms with Gasteiger partial charge in [-0.2, -0.15) is 0 Å². The molecule has 0 N–H and O–H groups in total. The van der Waals surface area contributed by atoms with E-state index in [0.29, 0.717) is 0 Å². The van der Waals surface area contributed by atoms with Crippen molar-refractivity contribution >= 4 is 44.0 Å². The van der Waals surface area contributed by atoms with Gasteiger partial charge in [-0.1, -0.05) is 67.3 Å². The van der Waals surface area contributed by atoms with Crippen molar-refractivity contribution in [2.24, 2.45) is 0 Å². The third-order valence-corrected chi connectivity index (χ3v) is 5.07. The van der Waals surface area contributed by atoms with Crippen LogP contribution in [0.5, 0.6) is 0 Å². The summed E-state index contributed by atoms with van der Waals surface area (Å²) >= 11 is 0.